The number of rotatable bonds is 2. The van der Waals surface area contributed by atoms with Gasteiger partial charge in [0.05, 0.1) is 23.8 Å². The molecule has 0 unspecified atom stereocenters. The lowest BCUT2D eigenvalue weighted by atomic mass is 9.82. The van der Waals surface area contributed by atoms with E-state index in [1.54, 1.807) is 0 Å². The van der Waals surface area contributed by atoms with Gasteiger partial charge in [-0.25, -0.2) is 0 Å². The zero-order chi connectivity index (χ0) is 14.9. The third kappa shape index (κ3) is 2.95. The van der Waals surface area contributed by atoms with Crippen molar-refractivity contribution in [1.82, 2.24) is 10.3 Å². The molecular weight excluding hydrogens is 272 g/mol. The molecule has 0 aromatic carbocycles. The number of carbonyl (C=O) groups excluding carboxylic acids is 1. The van der Waals surface area contributed by atoms with Crippen LogP contribution in [0, 0.1) is 0 Å². The standard InChI is InChI=1S/C15H20N2O4/c18-12-6-13(19)16-8-11(12)14(20)17-10-7-15(21-9-10)4-2-1-3-5-15/h6,8,10H,1-5,7,9H2,(H,17,20)(H2,16,18,19)/t10-/m0/s1. The summed E-state index contributed by atoms with van der Waals surface area (Å²) in [7, 11) is 0. The van der Waals surface area contributed by atoms with Crippen LogP contribution in [0.2, 0.25) is 0 Å². The summed E-state index contributed by atoms with van der Waals surface area (Å²) < 4.78 is 5.95. The van der Waals surface area contributed by atoms with Gasteiger partial charge in [0.15, 0.2) is 0 Å². The molecule has 1 aromatic heterocycles. The number of carbonyl (C=O) groups is 1. The van der Waals surface area contributed by atoms with Gasteiger partial charge in [-0.3, -0.25) is 9.59 Å². The molecule has 6 heteroatoms. The van der Waals surface area contributed by atoms with Crippen molar-refractivity contribution in [2.45, 2.75) is 50.2 Å². The first-order valence-corrected chi connectivity index (χ1v) is 7.45. The zero-order valence-corrected chi connectivity index (χ0v) is 11.9. The number of aromatic hydroxyl groups is 1. The molecule has 1 amide bonds. The van der Waals surface area contributed by atoms with Gasteiger partial charge >= 0.3 is 0 Å². The molecule has 1 atom stereocenters. The van der Waals surface area contributed by atoms with E-state index in [-0.39, 0.29) is 28.9 Å². The van der Waals surface area contributed by atoms with Gasteiger partial charge in [0.25, 0.3) is 11.5 Å². The number of aromatic nitrogens is 1. The average Bonchev–Trinajstić information content (AvgIpc) is 2.82. The molecule has 0 bridgehead atoms. The Morgan fingerprint density at radius 2 is 2.14 bits per heavy atom. The fraction of sp³-hybridized carbons (Fsp3) is 0.600. The summed E-state index contributed by atoms with van der Waals surface area (Å²) in [4.78, 5) is 25.6. The Labute approximate surface area is 122 Å². The minimum atomic E-state index is -0.436. The molecule has 1 aromatic rings. The van der Waals surface area contributed by atoms with Crippen molar-refractivity contribution >= 4 is 5.91 Å². The van der Waals surface area contributed by atoms with E-state index in [4.69, 9.17) is 4.74 Å². The Morgan fingerprint density at radius 1 is 1.38 bits per heavy atom. The second-order valence-electron chi connectivity index (χ2n) is 6.03. The van der Waals surface area contributed by atoms with E-state index in [0.29, 0.717) is 6.61 Å². The van der Waals surface area contributed by atoms with E-state index < -0.39 is 5.56 Å². The predicted molar refractivity (Wildman–Crippen MR) is 76.4 cm³/mol. The van der Waals surface area contributed by atoms with Gasteiger partial charge in [-0.1, -0.05) is 19.3 Å². The topological polar surface area (TPSA) is 91.4 Å². The zero-order valence-electron chi connectivity index (χ0n) is 11.9. The van der Waals surface area contributed by atoms with Gasteiger partial charge in [-0.15, -0.1) is 0 Å². The Balaban J connectivity index is 1.64. The molecule has 1 spiro atoms. The average molecular weight is 292 g/mol. The van der Waals surface area contributed by atoms with Crippen LogP contribution in [0.4, 0.5) is 0 Å². The highest BCUT2D eigenvalue weighted by Gasteiger charge is 2.41. The number of H-pyrrole nitrogens is 1. The van der Waals surface area contributed by atoms with E-state index in [1.807, 2.05) is 0 Å². The summed E-state index contributed by atoms with van der Waals surface area (Å²) in [6.07, 6.45) is 7.80. The molecule has 2 heterocycles. The van der Waals surface area contributed by atoms with Crippen LogP contribution in [0.3, 0.4) is 0 Å². The lowest BCUT2D eigenvalue weighted by Crippen LogP contribution is -2.37. The molecule has 0 radical (unpaired) electrons. The third-order valence-electron chi connectivity index (χ3n) is 4.46. The van der Waals surface area contributed by atoms with Crippen LogP contribution in [-0.2, 0) is 4.74 Å². The van der Waals surface area contributed by atoms with Crippen LogP contribution in [-0.4, -0.2) is 34.2 Å². The van der Waals surface area contributed by atoms with E-state index in [0.717, 1.165) is 25.3 Å². The Hall–Kier alpha value is -1.82. The van der Waals surface area contributed by atoms with E-state index >= 15 is 0 Å². The molecule has 114 valence electrons. The molecule has 1 aliphatic carbocycles. The van der Waals surface area contributed by atoms with Gasteiger partial charge in [-0.05, 0) is 19.3 Å². The third-order valence-corrected chi connectivity index (χ3v) is 4.46. The number of hydrogen-bond acceptors (Lipinski definition) is 4. The maximum atomic E-state index is 12.2. The summed E-state index contributed by atoms with van der Waals surface area (Å²) in [5, 5.41) is 12.5. The van der Waals surface area contributed by atoms with E-state index in [2.05, 4.69) is 10.3 Å². The van der Waals surface area contributed by atoms with Crippen LogP contribution in [0.25, 0.3) is 0 Å². The van der Waals surface area contributed by atoms with Crippen LogP contribution in [0.5, 0.6) is 5.75 Å². The van der Waals surface area contributed by atoms with E-state index in [9.17, 15) is 14.7 Å². The number of nitrogens with one attached hydrogen (secondary N) is 2. The highest BCUT2D eigenvalue weighted by Crippen LogP contribution is 2.39. The minimum Gasteiger partial charge on any atom is -0.507 e. The molecule has 21 heavy (non-hydrogen) atoms. The normalized spacial score (nSPS) is 24.1. The van der Waals surface area contributed by atoms with Gasteiger partial charge in [-0.2, -0.15) is 0 Å². The second kappa shape index (κ2) is 5.52. The molecule has 1 aliphatic heterocycles. The fourth-order valence-electron chi connectivity index (χ4n) is 3.39. The molecule has 3 rings (SSSR count). The van der Waals surface area contributed by atoms with Crippen LogP contribution in [0.1, 0.15) is 48.9 Å². The van der Waals surface area contributed by atoms with Crippen LogP contribution < -0.4 is 10.9 Å². The van der Waals surface area contributed by atoms with Gasteiger partial charge in [0.2, 0.25) is 0 Å². The first kappa shape index (κ1) is 14.1. The first-order chi connectivity index (χ1) is 10.1. The molecule has 2 aliphatic rings. The summed E-state index contributed by atoms with van der Waals surface area (Å²) in [5.41, 5.74) is -0.419. The number of ether oxygens (including phenoxy) is 1. The number of amides is 1. The number of pyridine rings is 1. The Morgan fingerprint density at radius 3 is 2.86 bits per heavy atom. The SMILES string of the molecule is O=C(N[C@@H]1COC2(CCCCC2)C1)c1c[nH]c(=O)cc1O. The lowest BCUT2D eigenvalue weighted by molar-refractivity contribution is -0.0246. The monoisotopic (exact) mass is 292 g/mol. The van der Waals surface area contributed by atoms with Gasteiger partial charge in [0, 0.05) is 12.3 Å². The lowest BCUT2D eigenvalue weighted by Gasteiger charge is -2.32. The van der Waals surface area contributed by atoms with Crippen molar-refractivity contribution in [3.05, 3.63) is 28.2 Å². The van der Waals surface area contributed by atoms with E-state index in [1.165, 1.54) is 25.5 Å². The van der Waals surface area contributed by atoms with Crippen molar-refractivity contribution in [3.8, 4) is 5.75 Å². The summed E-state index contributed by atoms with van der Waals surface area (Å²) >= 11 is 0. The molecule has 6 nitrogen and oxygen atoms in total. The second-order valence-corrected chi connectivity index (χ2v) is 6.03. The molecule has 2 fully saturated rings. The summed E-state index contributed by atoms with van der Waals surface area (Å²) in [6.45, 7) is 0.510. The molecule has 1 saturated carbocycles. The summed E-state index contributed by atoms with van der Waals surface area (Å²) in [6, 6.07) is 0.963. The number of aromatic amines is 1. The fourth-order valence-corrected chi connectivity index (χ4v) is 3.39. The van der Waals surface area contributed by atoms with Gasteiger partial charge < -0.3 is 20.1 Å². The van der Waals surface area contributed by atoms with Crippen LogP contribution >= 0.6 is 0 Å². The summed E-state index contributed by atoms with van der Waals surface area (Å²) in [5.74, 6) is -0.687. The first-order valence-electron chi connectivity index (χ1n) is 7.45. The maximum absolute atomic E-state index is 12.2. The van der Waals surface area contributed by atoms with Crippen molar-refractivity contribution < 1.29 is 14.6 Å². The minimum absolute atomic E-state index is 0.0399. The highest BCUT2D eigenvalue weighted by molar-refractivity contribution is 5.96. The van der Waals surface area contributed by atoms with Crippen molar-refractivity contribution in [2.24, 2.45) is 0 Å². The highest BCUT2D eigenvalue weighted by atomic mass is 16.5. The van der Waals surface area contributed by atoms with Crippen molar-refractivity contribution in [1.29, 1.82) is 0 Å². The molecule has 3 N–H and O–H groups in total. The van der Waals surface area contributed by atoms with Crippen molar-refractivity contribution in [3.63, 3.8) is 0 Å². The number of hydrogen-bond donors (Lipinski definition) is 3. The maximum Gasteiger partial charge on any atom is 0.256 e. The predicted octanol–water partition coefficient (Wildman–Crippen LogP) is 1.30. The Kier molecular flexibility index (Phi) is 3.71. The largest absolute Gasteiger partial charge is 0.507 e. The van der Waals surface area contributed by atoms with Gasteiger partial charge in [0.1, 0.15) is 5.75 Å². The van der Waals surface area contributed by atoms with Crippen LogP contribution in [0.15, 0.2) is 17.1 Å². The van der Waals surface area contributed by atoms with Crippen molar-refractivity contribution in [2.75, 3.05) is 6.61 Å². The Bertz CT molecular complexity index is 590. The quantitative estimate of drug-likeness (QED) is 0.766. The molecule has 1 saturated heterocycles. The smallest absolute Gasteiger partial charge is 0.256 e. The molecular formula is C15H20N2O4.